The quantitative estimate of drug-likeness (QED) is 0.434. The first-order chi connectivity index (χ1) is 14.8. The highest BCUT2D eigenvalue weighted by atomic mass is 32.1. The number of nitrogens with zero attached hydrogens (tertiary/aromatic N) is 5. The van der Waals surface area contributed by atoms with Gasteiger partial charge in [0.05, 0.1) is 31.6 Å². The van der Waals surface area contributed by atoms with Gasteiger partial charge in [-0.3, -0.25) is 4.90 Å². The van der Waals surface area contributed by atoms with Gasteiger partial charge >= 0.3 is 0 Å². The van der Waals surface area contributed by atoms with E-state index in [0.717, 1.165) is 73.1 Å². The molecule has 1 aliphatic heterocycles. The molecule has 0 atom stereocenters. The second-order valence-corrected chi connectivity index (χ2v) is 8.99. The number of imidazole rings is 1. The van der Waals surface area contributed by atoms with Crippen molar-refractivity contribution in [2.24, 2.45) is 0 Å². The van der Waals surface area contributed by atoms with Crippen LogP contribution in [0.4, 0.5) is 10.9 Å². The molecule has 30 heavy (non-hydrogen) atoms. The Morgan fingerprint density at radius 3 is 2.83 bits per heavy atom. The molecule has 2 N–H and O–H groups in total. The fourth-order valence-electron chi connectivity index (χ4n) is 3.30. The summed E-state index contributed by atoms with van der Waals surface area (Å²) in [6.07, 6.45) is 3.81. The number of hydrogen-bond donors (Lipinski definition) is 2. The maximum absolute atomic E-state index is 5.38. The number of nitrogens with one attached hydrogen (secondary N) is 2. The minimum Gasteiger partial charge on any atom is -0.379 e. The van der Waals surface area contributed by atoms with Gasteiger partial charge in [0.15, 0.2) is 0 Å². The molecule has 0 unspecified atom stereocenters. The van der Waals surface area contributed by atoms with Crippen LogP contribution in [0.5, 0.6) is 0 Å². The summed E-state index contributed by atoms with van der Waals surface area (Å²) in [5.74, 6) is 0.881. The molecule has 0 radical (unpaired) electrons. The lowest BCUT2D eigenvalue weighted by atomic mass is 10.2. The van der Waals surface area contributed by atoms with Crippen LogP contribution in [0, 0.1) is 0 Å². The summed E-state index contributed by atoms with van der Waals surface area (Å²) < 4.78 is 7.21. The van der Waals surface area contributed by atoms with E-state index in [1.165, 1.54) is 4.88 Å². The van der Waals surface area contributed by atoms with Crippen LogP contribution in [0.15, 0.2) is 42.0 Å². The zero-order valence-corrected chi connectivity index (χ0v) is 18.1. The van der Waals surface area contributed by atoms with Crippen LogP contribution < -0.4 is 10.6 Å². The van der Waals surface area contributed by atoms with Crippen LogP contribution >= 0.6 is 22.7 Å². The summed E-state index contributed by atoms with van der Waals surface area (Å²) in [6, 6.07) is 8.22. The molecule has 5 rings (SSSR count). The molecule has 0 aromatic carbocycles. The van der Waals surface area contributed by atoms with E-state index in [2.05, 4.69) is 43.1 Å². The topological polar surface area (TPSA) is 79.6 Å². The molecule has 1 saturated heterocycles. The van der Waals surface area contributed by atoms with Crippen molar-refractivity contribution in [3.05, 3.63) is 46.9 Å². The monoisotopic (exact) mass is 441 g/mol. The van der Waals surface area contributed by atoms with Crippen molar-refractivity contribution in [2.45, 2.75) is 6.54 Å². The number of anilines is 2. The van der Waals surface area contributed by atoms with E-state index in [1.54, 1.807) is 22.7 Å². The number of fused-ring (bicyclic) bond motifs is 1. The van der Waals surface area contributed by atoms with Gasteiger partial charge in [0.2, 0.25) is 10.1 Å². The Hall–Kier alpha value is -2.53. The fourth-order valence-corrected chi connectivity index (χ4v) is 4.73. The predicted octanol–water partition coefficient (Wildman–Crippen LogP) is 3.27. The minimum atomic E-state index is 0.783. The Morgan fingerprint density at radius 1 is 1.13 bits per heavy atom. The number of morpholine rings is 1. The molecule has 0 saturated carbocycles. The molecule has 156 valence electrons. The molecule has 4 aromatic heterocycles. The van der Waals surface area contributed by atoms with Crippen molar-refractivity contribution < 1.29 is 4.74 Å². The summed E-state index contributed by atoms with van der Waals surface area (Å²) in [5, 5.41) is 14.3. The van der Waals surface area contributed by atoms with E-state index in [0.29, 0.717) is 0 Å². The van der Waals surface area contributed by atoms with E-state index >= 15 is 0 Å². The molecule has 0 amide bonds. The van der Waals surface area contributed by atoms with Gasteiger partial charge in [-0.25, -0.2) is 14.5 Å². The highest BCUT2D eigenvalue weighted by Crippen LogP contribution is 2.25. The Balaban J connectivity index is 1.17. The van der Waals surface area contributed by atoms with E-state index in [9.17, 15) is 0 Å². The van der Waals surface area contributed by atoms with Crippen molar-refractivity contribution in [1.29, 1.82) is 0 Å². The van der Waals surface area contributed by atoms with Crippen molar-refractivity contribution in [3.8, 4) is 11.3 Å². The molecule has 0 bridgehead atoms. The largest absolute Gasteiger partial charge is 0.379 e. The molecule has 1 fully saturated rings. The molecule has 5 heterocycles. The van der Waals surface area contributed by atoms with Gasteiger partial charge in [-0.1, -0.05) is 17.4 Å². The SMILES string of the molecule is c1csc(CNc2nn3cc(-c4ccc(NCCN5CCOCC5)nc4)nc3s2)c1. The molecule has 4 aromatic rings. The van der Waals surface area contributed by atoms with Gasteiger partial charge in [0, 0.05) is 42.8 Å². The Bertz CT molecular complexity index is 1040. The van der Waals surface area contributed by atoms with Crippen LogP contribution in [-0.4, -0.2) is 63.9 Å². The lowest BCUT2D eigenvalue weighted by molar-refractivity contribution is 0.0398. The number of ether oxygens (including phenoxy) is 1. The van der Waals surface area contributed by atoms with Gasteiger partial charge in [0.1, 0.15) is 5.82 Å². The number of aromatic nitrogens is 4. The van der Waals surface area contributed by atoms with Crippen LogP contribution in [0.1, 0.15) is 4.88 Å². The van der Waals surface area contributed by atoms with Crippen molar-refractivity contribution in [3.63, 3.8) is 0 Å². The van der Waals surface area contributed by atoms with E-state index in [-0.39, 0.29) is 0 Å². The zero-order chi connectivity index (χ0) is 20.2. The zero-order valence-electron chi connectivity index (χ0n) is 16.5. The maximum atomic E-state index is 5.38. The highest BCUT2D eigenvalue weighted by Gasteiger charge is 2.11. The normalized spacial score (nSPS) is 14.9. The highest BCUT2D eigenvalue weighted by molar-refractivity contribution is 7.20. The third-order valence-corrected chi connectivity index (χ3v) is 6.69. The number of hydrogen-bond acceptors (Lipinski definition) is 9. The smallest absolute Gasteiger partial charge is 0.214 e. The first-order valence-electron chi connectivity index (χ1n) is 9.96. The molecule has 10 heteroatoms. The standard InChI is InChI=1S/C20H23N7OS2/c1-2-16(29-11-1)13-23-19-25-27-14-17(24-20(27)30-19)15-3-4-18(22-12-15)21-5-6-26-7-9-28-10-8-26/h1-4,11-12,14H,5-10,13H2,(H,21,22)(H,23,25). The van der Waals surface area contributed by atoms with Crippen molar-refractivity contribution >= 4 is 38.6 Å². The van der Waals surface area contributed by atoms with E-state index < -0.39 is 0 Å². The van der Waals surface area contributed by atoms with Crippen molar-refractivity contribution in [1.82, 2.24) is 24.5 Å². The number of rotatable bonds is 8. The molecule has 1 aliphatic rings. The first-order valence-corrected chi connectivity index (χ1v) is 11.7. The lowest BCUT2D eigenvalue weighted by Crippen LogP contribution is -2.39. The van der Waals surface area contributed by atoms with Gasteiger partial charge in [0.25, 0.3) is 0 Å². The summed E-state index contributed by atoms with van der Waals surface area (Å²) in [4.78, 5) is 13.8. The average molecular weight is 442 g/mol. The van der Waals surface area contributed by atoms with Crippen LogP contribution in [0.2, 0.25) is 0 Å². The second-order valence-electron chi connectivity index (χ2n) is 7.01. The number of thiophene rings is 1. The predicted molar refractivity (Wildman–Crippen MR) is 121 cm³/mol. The van der Waals surface area contributed by atoms with Gasteiger partial charge < -0.3 is 15.4 Å². The molecule has 8 nitrogen and oxygen atoms in total. The van der Waals surface area contributed by atoms with Gasteiger partial charge in [-0.15, -0.1) is 16.4 Å². The molecular formula is C20H23N7OS2. The number of pyridine rings is 1. The fraction of sp³-hybridized carbons (Fsp3) is 0.350. The summed E-state index contributed by atoms with van der Waals surface area (Å²) in [6.45, 7) is 6.32. The van der Waals surface area contributed by atoms with Crippen molar-refractivity contribution in [2.75, 3.05) is 50.0 Å². The Morgan fingerprint density at radius 2 is 2.07 bits per heavy atom. The van der Waals surface area contributed by atoms with E-state index in [4.69, 9.17) is 9.72 Å². The second kappa shape index (κ2) is 9.09. The van der Waals surface area contributed by atoms with Gasteiger partial charge in [-0.05, 0) is 23.6 Å². The molecule has 0 spiro atoms. The maximum Gasteiger partial charge on any atom is 0.214 e. The molecule has 0 aliphatic carbocycles. The summed E-state index contributed by atoms with van der Waals surface area (Å²) in [7, 11) is 0. The Kier molecular flexibility index (Phi) is 5.89. The third kappa shape index (κ3) is 4.62. The summed E-state index contributed by atoms with van der Waals surface area (Å²) >= 11 is 3.29. The van der Waals surface area contributed by atoms with Crippen LogP contribution in [0.3, 0.4) is 0 Å². The van der Waals surface area contributed by atoms with E-state index in [1.807, 2.05) is 29.0 Å². The average Bonchev–Trinajstić information content (AvgIpc) is 3.50. The lowest BCUT2D eigenvalue weighted by Gasteiger charge is -2.26. The van der Waals surface area contributed by atoms with Crippen LogP contribution in [-0.2, 0) is 11.3 Å². The first kappa shape index (κ1) is 19.4. The van der Waals surface area contributed by atoms with Crippen LogP contribution in [0.25, 0.3) is 16.2 Å². The molecular weight excluding hydrogens is 418 g/mol. The summed E-state index contributed by atoms with van der Waals surface area (Å²) in [5.41, 5.74) is 1.87. The Labute approximate surface area is 182 Å². The third-order valence-electron chi connectivity index (χ3n) is 4.93. The van der Waals surface area contributed by atoms with Gasteiger partial charge in [-0.2, -0.15) is 0 Å². The minimum absolute atomic E-state index is 0.783.